The van der Waals surface area contributed by atoms with Crippen LogP contribution in [0.4, 0.5) is 10.1 Å². The summed E-state index contributed by atoms with van der Waals surface area (Å²) in [5, 5.41) is 13.3. The first-order chi connectivity index (χ1) is 17.5. The highest BCUT2D eigenvalue weighted by Gasteiger charge is 2.76. The zero-order valence-corrected chi connectivity index (χ0v) is 22.0. The van der Waals surface area contributed by atoms with Crippen molar-refractivity contribution in [2.24, 2.45) is 17.8 Å². The van der Waals surface area contributed by atoms with Crippen LogP contribution in [0.1, 0.15) is 24.3 Å². The van der Waals surface area contributed by atoms with Gasteiger partial charge in [0, 0.05) is 16.0 Å². The molecule has 6 unspecified atom stereocenters. The third kappa shape index (κ3) is 3.17. The second kappa shape index (κ2) is 8.12. The summed E-state index contributed by atoms with van der Waals surface area (Å²) in [5.41, 5.74) is 0.898. The number of allylic oxidation sites excluding steroid dienone is 2. The fourth-order valence-corrected chi connectivity index (χ4v) is 7.72. The highest BCUT2D eigenvalue weighted by molar-refractivity contribution is 9.10. The molecule has 190 valence electrons. The summed E-state index contributed by atoms with van der Waals surface area (Å²) in [6, 6.07) is 9.40. The number of benzene rings is 2. The maximum absolute atomic E-state index is 14.1. The lowest BCUT2D eigenvalue weighted by Crippen LogP contribution is -2.60. The van der Waals surface area contributed by atoms with Crippen molar-refractivity contribution in [2.45, 2.75) is 28.5 Å². The number of nitrogens with one attached hydrogen (secondary N) is 1. The molecular weight excluding hydrogens is 590 g/mol. The van der Waals surface area contributed by atoms with Crippen molar-refractivity contribution in [3.63, 3.8) is 0 Å². The largest absolute Gasteiger partial charge is 0.508 e. The average molecular weight is 608 g/mol. The topological polar surface area (TPSA) is 104 Å². The predicted molar refractivity (Wildman–Crippen MR) is 136 cm³/mol. The molecule has 0 bridgehead atoms. The molecule has 11 heteroatoms. The number of halogens is 4. The van der Waals surface area contributed by atoms with Gasteiger partial charge in [0.15, 0.2) is 9.75 Å². The molecule has 2 saturated heterocycles. The molecule has 6 atom stereocenters. The Balaban J connectivity index is 1.60. The fraction of sp³-hybridized carbons (Fsp3) is 0.308. The van der Waals surface area contributed by atoms with E-state index in [4.69, 9.17) is 23.2 Å². The van der Waals surface area contributed by atoms with E-state index in [1.54, 1.807) is 18.2 Å². The van der Waals surface area contributed by atoms with Crippen LogP contribution in [0.15, 0.2) is 58.6 Å². The van der Waals surface area contributed by atoms with Crippen LogP contribution in [0.25, 0.3) is 0 Å². The number of alkyl halides is 2. The first-order valence-electron chi connectivity index (χ1n) is 11.5. The highest BCUT2D eigenvalue weighted by atomic mass is 79.9. The van der Waals surface area contributed by atoms with Crippen molar-refractivity contribution in [3.05, 3.63) is 70.0 Å². The van der Waals surface area contributed by atoms with Gasteiger partial charge in [-0.05, 0) is 61.2 Å². The minimum absolute atomic E-state index is 0.0895. The first kappa shape index (κ1) is 24.6. The molecule has 0 spiro atoms. The quantitative estimate of drug-likeness (QED) is 0.303. The van der Waals surface area contributed by atoms with Gasteiger partial charge in [0.05, 0.1) is 17.5 Å². The van der Waals surface area contributed by atoms with Crippen molar-refractivity contribution in [1.82, 2.24) is 5.32 Å². The molecule has 6 rings (SSSR count). The third-order valence-corrected chi connectivity index (χ3v) is 9.95. The van der Waals surface area contributed by atoms with E-state index in [1.807, 2.05) is 0 Å². The molecule has 2 aliphatic heterocycles. The number of hydrogen-bond donors (Lipinski definition) is 2. The van der Waals surface area contributed by atoms with Crippen molar-refractivity contribution in [1.29, 1.82) is 0 Å². The summed E-state index contributed by atoms with van der Waals surface area (Å²) in [4.78, 5) is 50.1. The van der Waals surface area contributed by atoms with Crippen LogP contribution in [0.3, 0.4) is 0 Å². The summed E-state index contributed by atoms with van der Waals surface area (Å²) in [6.45, 7) is 0. The van der Waals surface area contributed by atoms with Crippen molar-refractivity contribution in [3.8, 4) is 5.75 Å². The molecule has 2 aromatic rings. The van der Waals surface area contributed by atoms with Crippen molar-refractivity contribution in [2.75, 3.05) is 4.90 Å². The number of rotatable bonds is 2. The highest BCUT2D eigenvalue weighted by Crippen LogP contribution is 2.66. The Kier molecular flexibility index (Phi) is 5.40. The molecular formula is C26H18BrCl2FN2O5. The smallest absolute Gasteiger partial charge is 0.258 e. The van der Waals surface area contributed by atoms with Crippen LogP contribution in [0.2, 0.25) is 0 Å². The number of amides is 4. The number of fused-ring (bicyclic) bond motifs is 4. The van der Waals surface area contributed by atoms with E-state index in [9.17, 15) is 28.7 Å². The summed E-state index contributed by atoms with van der Waals surface area (Å²) in [7, 11) is 0. The number of nitrogens with zero attached hydrogens (tertiary/aromatic N) is 1. The van der Waals surface area contributed by atoms with Gasteiger partial charge >= 0.3 is 0 Å². The van der Waals surface area contributed by atoms with E-state index in [0.29, 0.717) is 10.0 Å². The van der Waals surface area contributed by atoms with E-state index in [-0.39, 0.29) is 29.8 Å². The molecule has 1 saturated carbocycles. The van der Waals surface area contributed by atoms with Crippen molar-refractivity contribution >= 4 is 68.4 Å². The van der Waals surface area contributed by atoms with Crippen LogP contribution in [0.5, 0.6) is 5.75 Å². The van der Waals surface area contributed by atoms with E-state index in [0.717, 1.165) is 17.0 Å². The lowest BCUT2D eigenvalue weighted by atomic mass is 9.56. The SMILES string of the molecule is O=C1NC(=O)C2C1CC=C1C2CC2(Cl)C(=O)N(c3ccc(F)cc3)C(=O)C2(Cl)C1c1cc(Br)ccc1O. The maximum atomic E-state index is 14.1. The zero-order valence-electron chi connectivity index (χ0n) is 18.9. The lowest BCUT2D eigenvalue weighted by Gasteiger charge is -2.50. The Morgan fingerprint density at radius 1 is 1.00 bits per heavy atom. The number of hydrogen-bond acceptors (Lipinski definition) is 5. The van der Waals surface area contributed by atoms with E-state index >= 15 is 0 Å². The second-order valence-electron chi connectivity index (χ2n) is 9.81. The monoisotopic (exact) mass is 606 g/mol. The van der Waals surface area contributed by atoms with Crippen LogP contribution >= 0.6 is 39.1 Å². The number of imide groups is 2. The minimum Gasteiger partial charge on any atom is -0.508 e. The molecule has 2 aliphatic carbocycles. The average Bonchev–Trinajstić information content (AvgIpc) is 3.23. The zero-order chi connectivity index (χ0) is 26.4. The number of aromatic hydroxyl groups is 1. The van der Waals surface area contributed by atoms with Crippen molar-refractivity contribution < 1.29 is 28.7 Å². The Morgan fingerprint density at radius 2 is 1.70 bits per heavy atom. The van der Waals surface area contributed by atoms with Crippen LogP contribution in [-0.4, -0.2) is 38.5 Å². The molecule has 37 heavy (non-hydrogen) atoms. The van der Waals surface area contributed by atoms with Gasteiger partial charge in [0.1, 0.15) is 11.6 Å². The molecule has 2 aromatic carbocycles. The maximum Gasteiger partial charge on any atom is 0.258 e. The normalized spacial score (nSPS) is 34.6. The molecule has 7 nitrogen and oxygen atoms in total. The molecule has 3 fully saturated rings. The first-order valence-corrected chi connectivity index (χ1v) is 13.1. The molecule has 4 aliphatic rings. The van der Waals surface area contributed by atoms with Gasteiger partial charge in [-0.15, -0.1) is 23.2 Å². The van der Waals surface area contributed by atoms with Crippen LogP contribution in [-0.2, 0) is 19.2 Å². The van der Waals surface area contributed by atoms with Gasteiger partial charge in [-0.25, -0.2) is 9.29 Å². The molecule has 2 N–H and O–H groups in total. The summed E-state index contributed by atoms with van der Waals surface area (Å²) >= 11 is 17.7. The van der Waals surface area contributed by atoms with Crippen LogP contribution in [0, 0.1) is 23.6 Å². The number of carbonyl (C=O) groups excluding carboxylic acids is 4. The lowest BCUT2D eigenvalue weighted by molar-refractivity contribution is -0.127. The minimum atomic E-state index is -2.09. The predicted octanol–water partition coefficient (Wildman–Crippen LogP) is 4.14. The third-order valence-electron chi connectivity index (χ3n) is 8.04. The standard InChI is InChI=1S/C26H18BrCl2FN2O5/c27-11-1-8-18(33)16(9-11)20-14-6-7-15-19(22(35)31-21(15)34)17(14)10-25(28)23(36)32(24(37)26(20,25)29)13-4-2-12(30)3-5-13/h1-6,8-9,15,17,19-20,33H,7,10H2,(H,31,34,35). The Hall–Kier alpha value is -2.75. The van der Waals surface area contributed by atoms with E-state index in [2.05, 4.69) is 21.2 Å². The van der Waals surface area contributed by atoms with Gasteiger partial charge in [0.25, 0.3) is 11.8 Å². The number of anilines is 1. The number of phenolic OH excluding ortho intramolecular Hbond substituents is 1. The fourth-order valence-electron chi connectivity index (χ4n) is 6.41. The van der Waals surface area contributed by atoms with E-state index in [1.165, 1.54) is 18.2 Å². The van der Waals surface area contributed by atoms with E-state index < -0.39 is 62.9 Å². The van der Waals surface area contributed by atoms with Gasteiger partial charge in [0.2, 0.25) is 11.8 Å². The number of carbonyl (C=O) groups is 4. The van der Waals surface area contributed by atoms with Gasteiger partial charge in [-0.2, -0.15) is 0 Å². The summed E-state index contributed by atoms with van der Waals surface area (Å²) in [5.74, 6) is -6.48. The van der Waals surface area contributed by atoms with Gasteiger partial charge in [-0.3, -0.25) is 24.5 Å². The Labute approximate surface area is 228 Å². The molecule has 4 amide bonds. The molecule has 0 radical (unpaired) electrons. The Morgan fingerprint density at radius 3 is 2.41 bits per heavy atom. The van der Waals surface area contributed by atoms with Gasteiger partial charge < -0.3 is 5.11 Å². The molecule has 2 heterocycles. The number of phenols is 1. The van der Waals surface area contributed by atoms with Gasteiger partial charge in [-0.1, -0.05) is 27.6 Å². The Bertz CT molecular complexity index is 1450. The second-order valence-corrected chi connectivity index (χ2v) is 12.0. The molecule has 0 aromatic heterocycles. The summed E-state index contributed by atoms with van der Waals surface area (Å²) in [6.07, 6.45) is 1.82. The summed E-state index contributed by atoms with van der Waals surface area (Å²) < 4.78 is 14.2. The van der Waals surface area contributed by atoms with Crippen LogP contribution < -0.4 is 10.2 Å².